The predicted octanol–water partition coefficient (Wildman–Crippen LogP) is 3.82. The van der Waals surface area contributed by atoms with Crippen LogP contribution in [0, 0.1) is 0 Å². The summed E-state index contributed by atoms with van der Waals surface area (Å²) >= 11 is 3.46. The fourth-order valence-corrected chi connectivity index (χ4v) is 1.95. The lowest BCUT2D eigenvalue weighted by Gasteiger charge is -2.07. The molecule has 16 heavy (non-hydrogen) atoms. The minimum atomic E-state index is 0.588. The van der Waals surface area contributed by atoms with Gasteiger partial charge in [0.25, 0.3) is 0 Å². The summed E-state index contributed by atoms with van der Waals surface area (Å²) in [5, 5.41) is 4.24. The van der Waals surface area contributed by atoms with Crippen LogP contribution in [-0.2, 0) is 6.54 Å². The molecule has 0 amide bonds. The number of halogens is 1. The Kier molecular flexibility index (Phi) is 3.44. The van der Waals surface area contributed by atoms with Crippen LogP contribution in [-0.4, -0.2) is 9.78 Å². The molecule has 2 aromatic rings. The van der Waals surface area contributed by atoms with Gasteiger partial charge in [-0.3, -0.25) is 4.68 Å². The highest BCUT2D eigenvalue weighted by molar-refractivity contribution is 9.10. The van der Waals surface area contributed by atoms with E-state index in [4.69, 9.17) is 0 Å². The molecule has 1 aromatic heterocycles. The molecule has 1 aromatic carbocycles. The van der Waals surface area contributed by atoms with Crippen molar-refractivity contribution in [3.63, 3.8) is 0 Å². The maximum atomic E-state index is 4.24. The second kappa shape index (κ2) is 4.83. The van der Waals surface area contributed by atoms with Gasteiger partial charge in [0.15, 0.2) is 0 Å². The van der Waals surface area contributed by atoms with Crippen LogP contribution in [0.25, 0.3) is 0 Å². The zero-order valence-corrected chi connectivity index (χ0v) is 11.1. The van der Waals surface area contributed by atoms with Gasteiger partial charge < -0.3 is 0 Å². The minimum Gasteiger partial charge on any atom is -0.254 e. The van der Waals surface area contributed by atoms with E-state index in [1.165, 1.54) is 11.1 Å². The summed E-state index contributed by atoms with van der Waals surface area (Å²) in [6.45, 7) is 5.23. The van der Waals surface area contributed by atoms with Crippen molar-refractivity contribution in [3.05, 3.63) is 52.3 Å². The molecule has 0 saturated carbocycles. The number of benzene rings is 1. The molecule has 0 radical (unpaired) electrons. The fraction of sp³-hybridized carbons (Fsp3) is 0.308. The van der Waals surface area contributed by atoms with Gasteiger partial charge in [-0.2, -0.15) is 5.10 Å². The maximum Gasteiger partial charge on any atom is 0.104 e. The molecule has 2 nitrogen and oxygen atoms in total. The smallest absolute Gasteiger partial charge is 0.104 e. The molecule has 0 saturated heterocycles. The van der Waals surface area contributed by atoms with Crippen LogP contribution in [0.5, 0.6) is 0 Å². The van der Waals surface area contributed by atoms with Crippen molar-refractivity contribution in [2.75, 3.05) is 0 Å². The molecule has 0 atom stereocenters. The van der Waals surface area contributed by atoms with E-state index in [-0.39, 0.29) is 0 Å². The lowest BCUT2D eigenvalue weighted by atomic mass is 10.0. The Balaban J connectivity index is 2.14. The van der Waals surface area contributed by atoms with Crippen LogP contribution < -0.4 is 0 Å². The van der Waals surface area contributed by atoms with Gasteiger partial charge in [0.05, 0.1) is 12.7 Å². The van der Waals surface area contributed by atoms with E-state index in [9.17, 15) is 0 Å². The number of hydrogen-bond donors (Lipinski definition) is 0. The first-order chi connectivity index (χ1) is 7.66. The van der Waals surface area contributed by atoms with Crippen LogP contribution in [0.4, 0.5) is 0 Å². The summed E-state index contributed by atoms with van der Waals surface area (Å²) in [6, 6.07) is 10.7. The summed E-state index contributed by atoms with van der Waals surface area (Å²) in [5.41, 5.74) is 2.65. The molecule has 2 rings (SSSR count). The van der Waals surface area contributed by atoms with Gasteiger partial charge in [0.1, 0.15) is 4.60 Å². The monoisotopic (exact) mass is 278 g/mol. The number of aromatic nitrogens is 2. The molecule has 84 valence electrons. The fourth-order valence-electron chi connectivity index (χ4n) is 1.61. The molecule has 3 heteroatoms. The van der Waals surface area contributed by atoms with E-state index in [0.717, 1.165) is 11.1 Å². The molecule has 0 N–H and O–H groups in total. The highest BCUT2D eigenvalue weighted by Crippen LogP contribution is 2.16. The van der Waals surface area contributed by atoms with Crippen molar-refractivity contribution in [3.8, 4) is 0 Å². The van der Waals surface area contributed by atoms with Crippen molar-refractivity contribution < 1.29 is 0 Å². The Morgan fingerprint density at radius 2 is 1.88 bits per heavy atom. The van der Waals surface area contributed by atoms with Crippen LogP contribution in [0.3, 0.4) is 0 Å². The topological polar surface area (TPSA) is 17.8 Å². The average Bonchev–Trinajstić information content (AvgIpc) is 2.65. The largest absolute Gasteiger partial charge is 0.254 e. The average molecular weight is 279 g/mol. The van der Waals surface area contributed by atoms with Crippen LogP contribution in [0.1, 0.15) is 30.9 Å². The Morgan fingerprint density at radius 1 is 1.19 bits per heavy atom. The second-order valence-electron chi connectivity index (χ2n) is 4.21. The number of rotatable bonds is 3. The Bertz CT molecular complexity index is 457. The van der Waals surface area contributed by atoms with Gasteiger partial charge >= 0.3 is 0 Å². The van der Waals surface area contributed by atoms with Crippen LogP contribution in [0.15, 0.2) is 41.1 Å². The summed E-state index contributed by atoms with van der Waals surface area (Å²) in [4.78, 5) is 0. The summed E-state index contributed by atoms with van der Waals surface area (Å²) < 4.78 is 2.95. The molecule has 0 aliphatic heterocycles. The molecular formula is C13H15BrN2. The molecule has 0 aliphatic rings. The molecular weight excluding hydrogens is 264 g/mol. The van der Waals surface area contributed by atoms with Gasteiger partial charge in [-0.05, 0) is 39.0 Å². The molecule has 0 fully saturated rings. The van der Waals surface area contributed by atoms with Gasteiger partial charge in [-0.25, -0.2) is 0 Å². The Labute approximate surface area is 104 Å². The summed E-state index contributed by atoms with van der Waals surface area (Å²) in [7, 11) is 0. The van der Waals surface area contributed by atoms with Crippen molar-refractivity contribution >= 4 is 15.9 Å². The minimum absolute atomic E-state index is 0.588. The highest BCUT2D eigenvalue weighted by atomic mass is 79.9. The van der Waals surface area contributed by atoms with Crippen molar-refractivity contribution in [1.82, 2.24) is 9.78 Å². The first-order valence-electron chi connectivity index (χ1n) is 5.43. The Hall–Kier alpha value is -1.09. The van der Waals surface area contributed by atoms with E-state index in [2.05, 4.69) is 59.1 Å². The number of hydrogen-bond acceptors (Lipinski definition) is 1. The standard InChI is InChI=1S/C13H15BrN2/c1-10(2)12-5-3-11(4-6-12)9-16-13(14)7-8-15-16/h3-8,10H,9H2,1-2H3. The number of nitrogens with zero attached hydrogens (tertiary/aromatic N) is 2. The summed E-state index contributed by atoms with van der Waals surface area (Å²) in [5.74, 6) is 0.588. The van der Waals surface area contributed by atoms with Crippen LogP contribution >= 0.6 is 15.9 Å². The van der Waals surface area contributed by atoms with E-state index in [1.54, 1.807) is 6.20 Å². The first-order valence-corrected chi connectivity index (χ1v) is 6.22. The molecule has 1 heterocycles. The maximum absolute atomic E-state index is 4.24. The zero-order valence-electron chi connectivity index (χ0n) is 9.52. The summed E-state index contributed by atoms with van der Waals surface area (Å²) in [6.07, 6.45) is 1.80. The predicted molar refractivity (Wildman–Crippen MR) is 69.6 cm³/mol. The normalized spacial score (nSPS) is 11.0. The van der Waals surface area contributed by atoms with Crippen LogP contribution in [0.2, 0.25) is 0 Å². The molecule has 0 spiro atoms. The van der Waals surface area contributed by atoms with Gasteiger partial charge in [0.2, 0.25) is 0 Å². The highest BCUT2D eigenvalue weighted by Gasteiger charge is 2.02. The lowest BCUT2D eigenvalue weighted by molar-refractivity contribution is 0.671. The molecule has 0 bridgehead atoms. The van der Waals surface area contributed by atoms with Crippen molar-refractivity contribution in [2.24, 2.45) is 0 Å². The third-order valence-electron chi connectivity index (χ3n) is 2.64. The van der Waals surface area contributed by atoms with Crippen molar-refractivity contribution in [2.45, 2.75) is 26.3 Å². The van der Waals surface area contributed by atoms with Gasteiger partial charge in [-0.15, -0.1) is 0 Å². The molecule has 0 unspecified atom stereocenters. The SMILES string of the molecule is CC(C)c1ccc(Cn2nccc2Br)cc1. The van der Waals surface area contributed by atoms with Gasteiger partial charge in [0, 0.05) is 0 Å². The van der Waals surface area contributed by atoms with E-state index in [0.29, 0.717) is 5.92 Å². The first kappa shape index (κ1) is 11.4. The van der Waals surface area contributed by atoms with Crippen molar-refractivity contribution in [1.29, 1.82) is 0 Å². The second-order valence-corrected chi connectivity index (χ2v) is 5.02. The third kappa shape index (κ3) is 2.53. The van der Waals surface area contributed by atoms with Gasteiger partial charge in [-0.1, -0.05) is 38.1 Å². The van der Waals surface area contributed by atoms with E-state index in [1.807, 2.05) is 10.7 Å². The van der Waals surface area contributed by atoms with E-state index >= 15 is 0 Å². The Morgan fingerprint density at radius 3 is 2.38 bits per heavy atom. The molecule has 0 aliphatic carbocycles. The third-order valence-corrected chi connectivity index (χ3v) is 3.32. The van der Waals surface area contributed by atoms with E-state index < -0.39 is 0 Å². The zero-order chi connectivity index (χ0) is 11.5. The quantitative estimate of drug-likeness (QED) is 0.835. The lowest BCUT2D eigenvalue weighted by Crippen LogP contribution is -2.01.